The van der Waals surface area contributed by atoms with Gasteiger partial charge in [0.1, 0.15) is 0 Å². The van der Waals surface area contributed by atoms with Crippen molar-refractivity contribution in [2.45, 2.75) is 31.2 Å². The largest absolute Gasteiger partial charge is 0.396 e. The van der Waals surface area contributed by atoms with E-state index in [-0.39, 0.29) is 12.1 Å². The molecule has 1 aliphatic heterocycles. The fourth-order valence-corrected chi connectivity index (χ4v) is 2.88. The first kappa shape index (κ1) is 15.3. The van der Waals surface area contributed by atoms with E-state index in [9.17, 15) is 0 Å². The topological polar surface area (TPSA) is 61.5 Å². The summed E-state index contributed by atoms with van der Waals surface area (Å²) in [5.74, 6) is 0. The average molecular weight is 277 g/mol. The minimum atomic E-state index is 0.0841. The fourth-order valence-electron chi connectivity index (χ4n) is 2.88. The van der Waals surface area contributed by atoms with Gasteiger partial charge in [-0.25, -0.2) is 0 Å². The highest BCUT2D eigenvalue weighted by molar-refractivity contribution is 5.46. The Balaban J connectivity index is 1.84. The Labute approximate surface area is 122 Å². The van der Waals surface area contributed by atoms with Crippen molar-refractivity contribution in [1.29, 1.82) is 0 Å². The van der Waals surface area contributed by atoms with Crippen molar-refractivity contribution in [3.8, 4) is 0 Å². The van der Waals surface area contributed by atoms with E-state index in [0.29, 0.717) is 6.54 Å². The number of nitrogens with two attached hydrogens (primary N) is 1. The maximum Gasteiger partial charge on any atom is 0.0431 e. The molecule has 0 bridgehead atoms. The van der Waals surface area contributed by atoms with E-state index in [4.69, 9.17) is 10.8 Å². The van der Waals surface area contributed by atoms with Gasteiger partial charge in [-0.2, -0.15) is 0 Å². The summed E-state index contributed by atoms with van der Waals surface area (Å²) in [5.41, 5.74) is 7.39. The molecule has 0 saturated carbocycles. The van der Waals surface area contributed by atoms with Crippen molar-refractivity contribution >= 4 is 5.69 Å². The Morgan fingerprint density at radius 2 is 1.85 bits per heavy atom. The molecular weight excluding hydrogens is 250 g/mol. The fraction of sp³-hybridized carbons (Fsp3) is 0.625. The lowest BCUT2D eigenvalue weighted by Gasteiger charge is -2.43. The monoisotopic (exact) mass is 277 g/mol. The maximum atomic E-state index is 8.83. The number of nitrogens with zero attached hydrogens (tertiary/aromatic N) is 1. The molecular formula is C16H27N3O. The first-order chi connectivity index (χ1) is 9.79. The molecule has 1 aromatic carbocycles. The number of hydrogen-bond donors (Lipinski definition) is 3. The van der Waals surface area contributed by atoms with Crippen LogP contribution in [0.25, 0.3) is 0 Å². The number of para-hydroxylation sites is 1. The van der Waals surface area contributed by atoms with Gasteiger partial charge in [0, 0.05) is 37.5 Å². The number of benzene rings is 1. The van der Waals surface area contributed by atoms with Crippen LogP contribution < -0.4 is 16.0 Å². The maximum absolute atomic E-state index is 8.83. The van der Waals surface area contributed by atoms with Crippen molar-refractivity contribution in [2.75, 3.05) is 37.7 Å². The van der Waals surface area contributed by atoms with Crippen LogP contribution in [0.1, 0.15) is 25.7 Å². The Morgan fingerprint density at radius 3 is 2.45 bits per heavy atom. The van der Waals surface area contributed by atoms with Gasteiger partial charge >= 0.3 is 0 Å². The van der Waals surface area contributed by atoms with Crippen molar-refractivity contribution in [1.82, 2.24) is 5.32 Å². The predicted octanol–water partition coefficient (Wildman–Crippen LogP) is 1.35. The summed E-state index contributed by atoms with van der Waals surface area (Å²) in [7, 11) is 0. The number of piperidine rings is 1. The van der Waals surface area contributed by atoms with E-state index >= 15 is 0 Å². The molecule has 1 fully saturated rings. The van der Waals surface area contributed by atoms with Gasteiger partial charge in [-0.15, -0.1) is 0 Å². The molecule has 0 spiro atoms. The van der Waals surface area contributed by atoms with Crippen LogP contribution in [-0.2, 0) is 0 Å². The molecule has 0 aromatic heterocycles. The molecule has 1 aromatic rings. The minimum absolute atomic E-state index is 0.0841. The van der Waals surface area contributed by atoms with Gasteiger partial charge in [0.25, 0.3) is 0 Å². The molecule has 4 heteroatoms. The molecule has 1 heterocycles. The van der Waals surface area contributed by atoms with Crippen molar-refractivity contribution in [3.63, 3.8) is 0 Å². The molecule has 1 aliphatic rings. The average Bonchev–Trinajstić information content (AvgIpc) is 2.53. The van der Waals surface area contributed by atoms with Crippen LogP contribution in [0.3, 0.4) is 0 Å². The van der Waals surface area contributed by atoms with Gasteiger partial charge in [-0.05, 0) is 44.4 Å². The molecule has 0 unspecified atom stereocenters. The SMILES string of the molecule is NCC1(NCCCCO)CCN(c2ccccc2)CC1. The molecule has 4 N–H and O–H groups in total. The number of aliphatic hydroxyl groups is 1. The Kier molecular flexibility index (Phi) is 5.83. The Bertz CT molecular complexity index is 375. The second-order valence-electron chi connectivity index (χ2n) is 5.66. The highest BCUT2D eigenvalue weighted by atomic mass is 16.2. The van der Waals surface area contributed by atoms with Crippen molar-refractivity contribution in [3.05, 3.63) is 30.3 Å². The zero-order valence-corrected chi connectivity index (χ0v) is 12.2. The minimum Gasteiger partial charge on any atom is -0.396 e. The summed E-state index contributed by atoms with van der Waals surface area (Å²) in [4.78, 5) is 2.43. The van der Waals surface area contributed by atoms with E-state index < -0.39 is 0 Å². The third-order valence-corrected chi connectivity index (χ3v) is 4.32. The van der Waals surface area contributed by atoms with E-state index in [1.807, 2.05) is 0 Å². The summed E-state index contributed by atoms with van der Waals surface area (Å²) in [5, 5.41) is 12.5. The van der Waals surface area contributed by atoms with E-state index in [0.717, 1.165) is 45.3 Å². The zero-order valence-electron chi connectivity index (χ0n) is 12.2. The smallest absolute Gasteiger partial charge is 0.0431 e. The summed E-state index contributed by atoms with van der Waals surface area (Å²) < 4.78 is 0. The number of unbranched alkanes of at least 4 members (excludes halogenated alkanes) is 1. The lowest BCUT2D eigenvalue weighted by atomic mass is 9.87. The molecule has 0 radical (unpaired) electrons. The number of rotatable bonds is 7. The van der Waals surface area contributed by atoms with Crippen molar-refractivity contribution < 1.29 is 5.11 Å². The third kappa shape index (κ3) is 3.95. The molecule has 20 heavy (non-hydrogen) atoms. The molecule has 4 nitrogen and oxygen atoms in total. The Morgan fingerprint density at radius 1 is 1.15 bits per heavy atom. The highest BCUT2D eigenvalue weighted by Gasteiger charge is 2.32. The van der Waals surface area contributed by atoms with Crippen LogP contribution in [0.2, 0.25) is 0 Å². The number of anilines is 1. The third-order valence-electron chi connectivity index (χ3n) is 4.32. The first-order valence-corrected chi connectivity index (χ1v) is 7.66. The van der Waals surface area contributed by atoms with E-state index in [1.54, 1.807) is 0 Å². The molecule has 0 aliphatic carbocycles. The second kappa shape index (κ2) is 7.62. The zero-order chi connectivity index (χ0) is 14.3. The van der Waals surface area contributed by atoms with Gasteiger partial charge in [-0.1, -0.05) is 18.2 Å². The standard InChI is InChI=1S/C16H27N3O/c17-14-16(18-10-4-5-13-20)8-11-19(12-9-16)15-6-2-1-3-7-15/h1-3,6-7,18,20H,4-5,8-14,17H2. The molecule has 1 saturated heterocycles. The predicted molar refractivity (Wildman–Crippen MR) is 84.0 cm³/mol. The van der Waals surface area contributed by atoms with E-state index in [1.165, 1.54) is 5.69 Å². The second-order valence-corrected chi connectivity index (χ2v) is 5.66. The van der Waals surface area contributed by atoms with Crippen LogP contribution in [0.5, 0.6) is 0 Å². The molecule has 2 rings (SSSR count). The molecule has 112 valence electrons. The van der Waals surface area contributed by atoms with Gasteiger partial charge in [0.05, 0.1) is 0 Å². The highest BCUT2D eigenvalue weighted by Crippen LogP contribution is 2.25. The van der Waals surface area contributed by atoms with Gasteiger partial charge in [0.2, 0.25) is 0 Å². The van der Waals surface area contributed by atoms with Crippen LogP contribution in [-0.4, -0.2) is 43.4 Å². The lowest BCUT2D eigenvalue weighted by Crippen LogP contribution is -2.58. The Hall–Kier alpha value is -1.10. The summed E-state index contributed by atoms with van der Waals surface area (Å²) in [6, 6.07) is 10.6. The van der Waals surface area contributed by atoms with Gasteiger partial charge in [-0.3, -0.25) is 0 Å². The van der Waals surface area contributed by atoms with Crippen LogP contribution >= 0.6 is 0 Å². The number of hydrogen-bond acceptors (Lipinski definition) is 4. The van der Waals surface area contributed by atoms with Gasteiger partial charge < -0.3 is 21.1 Å². The molecule has 0 atom stereocenters. The number of nitrogens with one attached hydrogen (secondary N) is 1. The van der Waals surface area contributed by atoms with E-state index in [2.05, 4.69) is 40.5 Å². The van der Waals surface area contributed by atoms with Crippen LogP contribution in [0.4, 0.5) is 5.69 Å². The summed E-state index contributed by atoms with van der Waals surface area (Å²) in [6.45, 7) is 4.01. The quantitative estimate of drug-likeness (QED) is 0.658. The van der Waals surface area contributed by atoms with Crippen LogP contribution in [0, 0.1) is 0 Å². The van der Waals surface area contributed by atoms with Gasteiger partial charge in [0.15, 0.2) is 0 Å². The normalized spacial score (nSPS) is 18.2. The summed E-state index contributed by atoms with van der Waals surface area (Å²) in [6.07, 6.45) is 4.04. The first-order valence-electron chi connectivity index (χ1n) is 7.66. The lowest BCUT2D eigenvalue weighted by molar-refractivity contribution is 0.252. The summed E-state index contributed by atoms with van der Waals surface area (Å²) >= 11 is 0. The van der Waals surface area contributed by atoms with Crippen LogP contribution in [0.15, 0.2) is 30.3 Å². The number of aliphatic hydroxyl groups excluding tert-OH is 1. The van der Waals surface area contributed by atoms with Crippen molar-refractivity contribution in [2.24, 2.45) is 5.73 Å². The molecule has 0 amide bonds.